The van der Waals surface area contributed by atoms with Crippen LogP contribution in [0.3, 0.4) is 0 Å². The van der Waals surface area contributed by atoms with Crippen LogP contribution in [0.15, 0.2) is 12.3 Å². The maximum Gasteiger partial charge on any atom is 0.0862 e. The van der Waals surface area contributed by atoms with Crippen LogP contribution < -0.4 is 5.73 Å². The van der Waals surface area contributed by atoms with E-state index in [9.17, 15) is 0 Å². The van der Waals surface area contributed by atoms with Crippen LogP contribution in [0.5, 0.6) is 0 Å². The normalized spacial score (nSPS) is 23.3. The minimum Gasteiger partial charge on any atom is -0.324 e. The largest absolute Gasteiger partial charge is 0.324 e. The fourth-order valence-electron chi connectivity index (χ4n) is 2.80. The smallest absolute Gasteiger partial charge is 0.0862 e. The van der Waals surface area contributed by atoms with Gasteiger partial charge in [-0.25, -0.2) is 0 Å². The van der Waals surface area contributed by atoms with Gasteiger partial charge in [0, 0.05) is 12.1 Å². The first-order valence-electron chi connectivity index (χ1n) is 6.50. The second-order valence-corrected chi connectivity index (χ2v) is 6.69. The van der Waals surface area contributed by atoms with E-state index < -0.39 is 0 Å². The summed E-state index contributed by atoms with van der Waals surface area (Å²) in [5.74, 6) is 0. The van der Waals surface area contributed by atoms with E-state index in [2.05, 4.69) is 38.9 Å². The number of hydrogen-bond acceptors (Lipinski definition) is 2. The summed E-state index contributed by atoms with van der Waals surface area (Å²) in [5.41, 5.74) is 8.62. The molecule has 1 heterocycles. The second-order valence-electron chi connectivity index (χ2n) is 6.28. The zero-order chi connectivity index (χ0) is 13.5. The lowest BCUT2D eigenvalue weighted by Crippen LogP contribution is -2.31. The predicted octanol–water partition coefficient (Wildman–Crippen LogP) is 3.65. The highest BCUT2D eigenvalue weighted by atomic mass is 35.5. The van der Waals surface area contributed by atoms with Crippen LogP contribution >= 0.6 is 11.6 Å². The first kappa shape index (κ1) is 13.6. The molecule has 0 saturated carbocycles. The summed E-state index contributed by atoms with van der Waals surface area (Å²) in [6.45, 7) is 8.73. The Labute approximate surface area is 114 Å². The third kappa shape index (κ3) is 2.62. The summed E-state index contributed by atoms with van der Waals surface area (Å²) in [6, 6.07) is 0.407. The van der Waals surface area contributed by atoms with Gasteiger partial charge in [0.2, 0.25) is 0 Å². The van der Waals surface area contributed by atoms with E-state index in [0.29, 0.717) is 6.04 Å². The zero-order valence-corrected chi connectivity index (χ0v) is 12.3. The number of aromatic nitrogens is 2. The van der Waals surface area contributed by atoms with Gasteiger partial charge in [0.1, 0.15) is 0 Å². The quantitative estimate of drug-likeness (QED) is 0.889. The number of nitrogens with two attached hydrogens (primary N) is 1. The highest BCUT2D eigenvalue weighted by Gasteiger charge is 2.30. The fraction of sp³-hybridized carbons (Fsp3) is 0.643. The Morgan fingerprint density at radius 3 is 2.72 bits per heavy atom. The van der Waals surface area contributed by atoms with E-state index in [4.69, 9.17) is 17.3 Å². The number of halogens is 1. The molecular formula is C14H22ClN3. The Hall–Kier alpha value is -0.800. The molecule has 1 unspecified atom stereocenters. The lowest BCUT2D eigenvalue weighted by atomic mass is 9.75. The molecule has 0 fully saturated rings. The maximum absolute atomic E-state index is 6.30. The number of nitrogens with zero attached hydrogens (tertiary/aromatic N) is 2. The van der Waals surface area contributed by atoms with Crippen molar-refractivity contribution < 1.29 is 0 Å². The average Bonchev–Trinajstić information content (AvgIpc) is 2.56. The number of hydrogen-bond donors (Lipinski definition) is 1. The summed E-state index contributed by atoms with van der Waals surface area (Å²) >= 11 is 6.30. The monoisotopic (exact) mass is 267 g/mol. The van der Waals surface area contributed by atoms with Crippen molar-refractivity contribution >= 4 is 17.2 Å². The van der Waals surface area contributed by atoms with Crippen molar-refractivity contribution in [1.29, 1.82) is 0 Å². The molecule has 0 saturated heterocycles. The third-order valence-electron chi connectivity index (χ3n) is 3.42. The molecule has 1 aromatic heterocycles. The fourth-order valence-corrected chi connectivity index (χ4v) is 3.05. The first-order valence-corrected chi connectivity index (χ1v) is 6.87. The SMILES string of the molecule is CC(C)n1ncc(Cl)c1C1=CC(N)CC(C)(C)C1. The highest BCUT2D eigenvalue weighted by Crippen LogP contribution is 2.41. The van der Waals surface area contributed by atoms with Crippen LogP contribution in [0, 0.1) is 5.41 Å². The van der Waals surface area contributed by atoms with Gasteiger partial charge in [-0.1, -0.05) is 31.5 Å². The minimum absolute atomic E-state index is 0.107. The van der Waals surface area contributed by atoms with Gasteiger partial charge in [-0.2, -0.15) is 5.10 Å². The van der Waals surface area contributed by atoms with Crippen LogP contribution in [-0.4, -0.2) is 15.8 Å². The lowest BCUT2D eigenvalue weighted by Gasteiger charge is -2.33. The van der Waals surface area contributed by atoms with Crippen molar-refractivity contribution in [3.05, 3.63) is 23.0 Å². The summed E-state index contributed by atoms with van der Waals surface area (Å²) in [5, 5.41) is 5.09. The van der Waals surface area contributed by atoms with Crippen LogP contribution in [0.4, 0.5) is 0 Å². The van der Waals surface area contributed by atoms with Crippen LogP contribution in [0.2, 0.25) is 5.02 Å². The van der Waals surface area contributed by atoms with E-state index in [1.807, 2.05) is 4.68 Å². The molecule has 0 spiro atoms. The van der Waals surface area contributed by atoms with Gasteiger partial charge in [-0.3, -0.25) is 4.68 Å². The lowest BCUT2D eigenvalue weighted by molar-refractivity contribution is 0.317. The molecule has 2 N–H and O–H groups in total. The summed E-state index contributed by atoms with van der Waals surface area (Å²) in [7, 11) is 0. The first-order chi connectivity index (χ1) is 8.30. The summed E-state index contributed by atoms with van der Waals surface area (Å²) in [4.78, 5) is 0. The molecule has 1 aliphatic rings. The summed E-state index contributed by atoms with van der Waals surface area (Å²) in [6.07, 6.45) is 5.89. The molecule has 1 aromatic rings. The van der Waals surface area contributed by atoms with Crippen molar-refractivity contribution in [2.45, 2.75) is 52.6 Å². The molecular weight excluding hydrogens is 246 g/mol. The van der Waals surface area contributed by atoms with E-state index in [1.165, 1.54) is 5.57 Å². The molecule has 0 amide bonds. The van der Waals surface area contributed by atoms with E-state index >= 15 is 0 Å². The predicted molar refractivity (Wildman–Crippen MR) is 76.6 cm³/mol. The molecule has 0 radical (unpaired) electrons. The van der Waals surface area contributed by atoms with E-state index in [-0.39, 0.29) is 11.5 Å². The van der Waals surface area contributed by atoms with Crippen molar-refractivity contribution in [2.24, 2.45) is 11.1 Å². The van der Waals surface area contributed by atoms with E-state index in [0.717, 1.165) is 23.6 Å². The molecule has 0 bridgehead atoms. The molecule has 3 nitrogen and oxygen atoms in total. The Morgan fingerprint density at radius 2 is 2.17 bits per heavy atom. The highest BCUT2D eigenvalue weighted by molar-refractivity contribution is 6.32. The standard InChI is InChI=1S/C14H22ClN3/c1-9(2)18-13(12(15)8-17-18)10-5-11(16)7-14(3,4)6-10/h5,8-9,11H,6-7,16H2,1-4H3. The second kappa shape index (κ2) is 4.71. The molecule has 1 aliphatic carbocycles. The van der Waals surface area contributed by atoms with Gasteiger partial charge in [0.15, 0.2) is 0 Å². The number of allylic oxidation sites excluding steroid dienone is 1. The Balaban J connectivity index is 2.45. The molecule has 1 atom stereocenters. The molecule has 18 heavy (non-hydrogen) atoms. The minimum atomic E-state index is 0.107. The van der Waals surface area contributed by atoms with Gasteiger partial charge in [0.05, 0.1) is 16.9 Å². The van der Waals surface area contributed by atoms with Gasteiger partial charge < -0.3 is 5.73 Å². The third-order valence-corrected chi connectivity index (χ3v) is 3.69. The van der Waals surface area contributed by atoms with Crippen LogP contribution in [0.25, 0.3) is 5.57 Å². The molecule has 0 aliphatic heterocycles. The maximum atomic E-state index is 6.30. The van der Waals surface area contributed by atoms with Crippen molar-refractivity contribution in [1.82, 2.24) is 9.78 Å². The van der Waals surface area contributed by atoms with Crippen LogP contribution in [0.1, 0.15) is 52.3 Å². The Bertz CT molecular complexity index is 471. The Kier molecular flexibility index (Phi) is 3.56. The average molecular weight is 268 g/mol. The van der Waals surface area contributed by atoms with Gasteiger partial charge in [-0.15, -0.1) is 0 Å². The van der Waals surface area contributed by atoms with Crippen molar-refractivity contribution in [3.63, 3.8) is 0 Å². The van der Waals surface area contributed by atoms with Crippen molar-refractivity contribution in [3.8, 4) is 0 Å². The molecule has 100 valence electrons. The molecule has 0 aromatic carbocycles. The van der Waals surface area contributed by atoms with Gasteiger partial charge in [0.25, 0.3) is 0 Å². The van der Waals surface area contributed by atoms with E-state index in [1.54, 1.807) is 6.20 Å². The summed E-state index contributed by atoms with van der Waals surface area (Å²) < 4.78 is 1.99. The Morgan fingerprint density at radius 1 is 1.50 bits per heavy atom. The van der Waals surface area contributed by atoms with Gasteiger partial charge in [-0.05, 0) is 37.7 Å². The topological polar surface area (TPSA) is 43.8 Å². The molecule has 4 heteroatoms. The van der Waals surface area contributed by atoms with Crippen molar-refractivity contribution in [2.75, 3.05) is 0 Å². The molecule has 2 rings (SSSR count). The van der Waals surface area contributed by atoms with Gasteiger partial charge >= 0.3 is 0 Å². The van der Waals surface area contributed by atoms with Crippen LogP contribution in [-0.2, 0) is 0 Å². The zero-order valence-electron chi connectivity index (χ0n) is 11.6. The number of rotatable bonds is 2.